The van der Waals surface area contributed by atoms with Crippen molar-refractivity contribution in [3.63, 3.8) is 0 Å². The number of aliphatic hydroxyl groups excluding tert-OH is 1. The summed E-state index contributed by atoms with van der Waals surface area (Å²) in [5, 5.41) is 11.4. The minimum atomic E-state index is -0.813. The molecule has 1 atom stereocenters. The van der Waals surface area contributed by atoms with E-state index in [4.69, 9.17) is 14.2 Å². The summed E-state index contributed by atoms with van der Waals surface area (Å²) in [5.41, 5.74) is 3.91. The number of methoxy groups -OCH3 is 2. The molecule has 4 rings (SSSR count). The van der Waals surface area contributed by atoms with Gasteiger partial charge in [0.15, 0.2) is 11.5 Å². The van der Waals surface area contributed by atoms with E-state index in [2.05, 4.69) is 0 Å². The third-order valence-electron chi connectivity index (χ3n) is 6.47. The standard InChI is InChI=1S/C30H31NO6/c1-19-10-11-20(2)23(16-19)28(32)26-27(31(14-15-35-3)30(34)29(26)33)22-12-13-24(25(17-22)36-4)37-18-21-8-6-5-7-9-21/h5-13,16-17,27,32H,14-15,18H2,1-4H3. The van der Waals surface area contributed by atoms with Crippen LogP contribution in [0.15, 0.2) is 72.3 Å². The van der Waals surface area contributed by atoms with Gasteiger partial charge in [0.25, 0.3) is 11.7 Å². The Balaban J connectivity index is 1.78. The third-order valence-corrected chi connectivity index (χ3v) is 6.47. The highest BCUT2D eigenvalue weighted by Gasteiger charge is 2.46. The maximum Gasteiger partial charge on any atom is 0.295 e. The number of aryl methyl sites for hydroxylation is 2. The van der Waals surface area contributed by atoms with Gasteiger partial charge in [0.2, 0.25) is 0 Å². The van der Waals surface area contributed by atoms with Crippen LogP contribution in [-0.2, 0) is 20.9 Å². The highest BCUT2D eigenvalue weighted by atomic mass is 16.5. The van der Waals surface area contributed by atoms with E-state index in [1.165, 1.54) is 19.1 Å². The van der Waals surface area contributed by atoms with Crippen LogP contribution in [0.4, 0.5) is 0 Å². The van der Waals surface area contributed by atoms with E-state index in [1.54, 1.807) is 18.2 Å². The van der Waals surface area contributed by atoms with Gasteiger partial charge < -0.3 is 24.2 Å². The van der Waals surface area contributed by atoms with Crippen LogP contribution in [0.2, 0.25) is 0 Å². The van der Waals surface area contributed by atoms with Gasteiger partial charge in [0, 0.05) is 19.2 Å². The van der Waals surface area contributed by atoms with Gasteiger partial charge in [-0.1, -0.05) is 54.1 Å². The number of Topliss-reactive ketones (excluding diaryl/α,β-unsaturated/α-hetero) is 1. The molecule has 7 nitrogen and oxygen atoms in total. The molecule has 1 aliphatic heterocycles. The normalized spacial score (nSPS) is 16.8. The Kier molecular flexibility index (Phi) is 7.94. The monoisotopic (exact) mass is 501 g/mol. The molecule has 0 bridgehead atoms. The van der Waals surface area contributed by atoms with Gasteiger partial charge in [-0.15, -0.1) is 0 Å². The van der Waals surface area contributed by atoms with E-state index in [0.29, 0.717) is 29.2 Å². The number of aliphatic hydroxyl groups is 1. The summed E-state index contributed by atoms with van der Waals surface area (Å²) in [7, 11) is 3.07. The van der Waals surface area contributed by atoms with Crippen molar-refractivity contribution in [2.45, 2.75) is 26.5 Å². The van der Waals surface area contributed by atoms with Crippen molar-refractivity contribution >= 4 is 17.4 Å². The van der Waals surface area contributed by atoms with Gasteiger partial charge in [-0.2, -0.15) is 0 Å². The zero-order valence-corrected chi connectivity index (χ0v) is 21.5. The van der Waals surface area contributed by atoms with E-state index >= 15 is 0 Å². The zero-order valence-electron chi connectivity index (χ0n) is 21.5. The lowest BCUT2D eigenvalue weighted by Gasteiger charge is -2.26. The van der Waals surface area contributed by atoms with Gasteiger partial charge in [0.1, 0.15) is 12.4 Å². The Morgan fingerprint density at radius 3 is 2.41 bits per heavy atom. The number of benzene rings is 3. The van der Waals surface area contributed by atoms with Gasteiger partial charge in [-0.3, -0.25) is 9.59 Å². The molecule has 1 heterocycles. The Morgan fingerprint density at radius 2 is 1.70 bits per heavy atom. The zero-order chi connectivity index (χ0) is 26.5. The van der Waals surface area contributed by atoms with Crippen LogP contribution in [0, 0.1) is 13.8 Å². The number of hydrogen-bond donors (Lipinski definition) is 1. The predicted octanol–water partition coefficient (Wildman–Crippen LogP) is 4.96. The van der Waals surface area contributed by atoms with Crippen LogP contribution >= 0.6 is 0 Å². The lowest BCUT2D eigenvalue weighted by Crippen LogP contribution is -2.32. The van der Waals surface area contributed by atoms with E-state index in [0.717, 1.165) is 16.7 Å². The van der Waals surface area contributed by atoms with Crippen molar-refractivity contribution in [1.82, 2.24) is 4.90 Å². The SMILES string of the molecule is COCCN1C(=O)C(=O)C(=C(O)c2cc(C)ccc2C)C1c1ccc(OCc2ccccc2)c(OC)c1. The third kappa shape index (κ3) is 5.37. The van der Waals surface area contributed by atoms with Crippen molar-refractivity contribution < 1.29 is 28.9 Å². The highest BCUT2D eigenvalue weighted by molar-refractivity contribution is 6.46. The largest absolute Gasteiger partial charge is 0.507 e. The number of ketones is 1. The second-order valence-electron chi connectivity index (χ2n) is 8.99. The molecule has 1 N–H and O–H groups in total. The van der Waals surface area contributed by atoms with Crippen LogP contribution in [0.3, 0.4) is 0 Å². The summed E-state index contributed by atoms with van der Waals surface area (Å²) in [5.74, 6) is -0.635. The highest BCUT2D eigenvalue weighted by Crippen LogP contribution is 2.42. The van der Waals surface area contributed by atoms with E-state index in [1.807, 2.05) is 62.4 Å². The smallest absolute Gasteiger partial charge is 0.295 e. The summed E-state index contributed by atoms with van der Waals surface area (Å²) in [6.07, 6.45) is 0. The van der Waals surface area contributed by atoms with Crippen molar-refractivity contribution in [1.29, 1.82) is 0 Å². The fourth-order valence-electron chi connectivity index (χ4n) is 4.49. The van der Waals surface area contributed by atoms with Gasteiger partial charge >= 0.3 is 0 Å². The number of carbonyl (C=O) groups is 2. The quantitative estimate of drug-likeness (QED) is 0.253. The molecular formula is C30H31NO6. The number of rotatable bonds is 9. The molecule has 3 aromatic rings. The number of nitrogens with zero attached hydrogens (tertiary/aromatic N) is 1. The average Bonchev–Trinajstić information content (AvgIpc) is 3.17. The van der Waals surface area contributed by atoms with Crippen molar-refractivity contribution in [3.05, 3.63) is 100 Å². The van der Waals surface area contributed by atoms with Crippen molar-refractivity contribution in [2.75, 3.05) is 27.4 Å². The molecule has 0 radical (unpaired) electrons. The van der Waals surface area contributed by atoms with Crippen LogP contribution in [0.1, 0.15) is 33.9 Å². The number of amides is 1. The van der Waals surface area contributed by atoms with Gasteiger partial charge in [0.05, 0.1) is 25.3 Å². The average molecular weight is 502 g/mol. The maximum atomic E-state index is 13.2. The Labute approximate surface area is 216 Å². The first-order valence-corrected chi connectivity index (χ1v) is 12.0. The molecule has 1 unspecified atom stereocenters. The minimum absolute atomic E-state index is 0.0369. The van der Waals surface area contributed by atoms with Crippen LogP contribution in [0.5, 0.6) is 11.5 Å². The van der Waals surface area contributed by atoms with E-state index in [9.17, 15) is 14.7 Å². The summed E-state index contributed by atoms with van der Waals surface area (Å²) >= 11 is 0. The Hall–Kier alpha value is -4.10. The number of carbonyl (C=O) groups excluding carboxylic acids is 2. The molecule has 192 valence electrons. The maximum absolute atomic E-state index is 13.2. The molecular weight excluding hydrogens is 470 g/mol. The second kappa shape index (κ2) is 11.3. The summed E-state index contributed by atoms with van der Waals surface area (Å²) in [4.78, 5) is 27.8. The summed E-state index contributed by atoms with van der Waals surface area (Å²) in [6, 6.07) is 19.9. The lowest BCUT2D eigenvalue weighted by molar-refractivity contribution is -0.140. The Morgan fingerprint density at radius 1 is 0.946 bits per heavy atom. The molecule has 1 aliphatic rings. The molecule has 3 aromatic carbocycles. The predicted molar refractivity (Wildman–Crippen MR) is 141 cm³/mol. The lowest BCUT2D eigenvalue weighted by atomic mass is 9.93. The molecule has 0 aliphatic carbocycles. The van der Waals surface area contributed by atoms with Crippen LogP contribution in [-0.4, -0.2) is 49.1 Å². The molecule has 1 fully saturated rings. The van der Waals surface area contributed by atoms with Gasteiger partial charge in [-0.05, 0) is 48.7 Å². The number of hydrogen-bond acceptors (Lipinski definition) is 6. The topological polar surface area (TPSA) is 85.3 Å². The molecule has 0 saturated carbocycles. The summed E-state index contributed by atoms with van der Waals surface area (Å²) < 4.78 is 16.8. The fourth-order valence-corrected chi connectivity index (χ4v) is 4.49. The van der Waals surface area contributed by atoms with Crippen molar-refractivity contribution in [3.8, 4) is 11.5 Å². The van der Waals surface area contributed by atoms with E-state index in [-0.39, 0.29) is 24.5 Å². The second-order valence-corrected chi connectivity index (χ2v) is 8.99. The number of ether oxygens (including phenoxy) is 3. The molecule has 1 saturated heterocycles. The minimum Gasteiger partial charge on any atom is -0.507 e. The van der Waals surface area contributed by atoms with Gasteiger partial charge in [-0.25, -0.2) is 0 Å². The molecule has 0 aromatic heterocycles. The molecule has 7 heteroatoms. The first-order valence-electron chi connectivity index (χ1n) is 12.0. The number of likely N-dealkylation sites (tertiary alicyclic amines) is 1. The fraction of sp³-hybridized carbons (Fsp3) is 0.267. The first-order chi connectivity index (χ1) is 17.8. The van der Waals surface area contributed by atoms with Crippen molar-refractivity contribution in [2.24, 2.45) is 0 Å². The summed E-state index contributed by atoms with van der Waals surface area (Å²) in [6.45, 7) is 4.54. The van der Waals surface area contributed by atoms with Crippen LogP contribution < -0.4 is 9.47 Å². The molecule has 37 heavy (non-hydrogen) atoms. The van der Waals surface area contributed by atoms with Crippen LogP contribution in [0.25, 0.3) is 5.76 Å². The Bertz CT molecular complexity index is 1330. The molecule has 1 amide bonds. The van der Waals surface area contributed by atoms with E-state index < -0.39 is 17.7 Å². The first kappa shape index (κ1) is 26.0. The molecule has 0 spiro atoms.